The Morgan fingerprint density at radius 1 is 1.44 bits per heavy atom. The number of likely N-dealkylation sites (N-methyl/N-ethyl adjacent to an activating group) is 1. The van der Waals surface area contributed by atoms with Crippen molar-refractivity contribution < 1.29 is 4.52 Å². The highest BCUT2D eigenvalue weighted by molar-refractivity contribution is 7.13. The lowest BCUT2D eigenvalue weighted by atomic mass is 9.98. The molecule has 2 aromatic rings. The summed E-state index contributed by atoms with van der Waals surface area (Å²) in [5, 5.41) is 9.50. The van der Waals surface area contributed by atoms with Crippen LogP contribution in [-0.4, -0.2) is 22.7 Å². The molecule has 0 aromatic carbocycles. The van der Waals surface area contributed by atoms with Gasteiger partial charge in [0.05, 0.1) is 10.8 Å². The van der Waals surface area contributed by atoms with Crippen LogP contribution in [-0.2, 0) is 0 Å². The van der Waals surface area contributed by atoms with Gasteiger partial charge in [0, 0.05) is 6.04 Å². The lowest BCUT2D eigenvalue weighted by molar-refractivity contribution is 0.318. The summed E-state index contributed by atoms with van der Waals surface area (Å²) in [4.78, 5) is 5.57. The van der Waals surface area contributed by atoms with Crippen molar-refractivity contribution in [1.29, 1.82) is 0 Å². The zero-order valence-electron chi connectivity index (χ0n) is 11.0. The first-order valence-corrected chi connectivity index (χ1v) is 7.25. The highest BCUT2D eigenvalue weighted by atomic mass is 32.1. The summed E-state index contributed by atoms with van der Waals surface area (Å²) in [5.41, 5.74) is 0. The Kier molecular flexibility index (Phi) is 4.49. The summed E-state index contributed by atoms with van der Waals surface area (Å²) in [5.74, 6) is 1.70. The molecule has 2 atom stereocenters. The van der Waals surface area contributed by atoms with Crippen molar-refractivity contribution in [3.8, 4) is 10.7 Å². The fraction of sp³-hybridized carbons (Fsp3) is 0.538. The third-order valence-electron chi connectivity index (χ3n) is 3.07. The molecular weight excluding hydrogens is 246 g/mol. The Morgan fingerprint density at radius 2 is 2.28 bits per heavy atom. The molecule has 0 fully saturated rings. The number of rotatable bonds is 6. The zero-order valence-corrected chi connectivity index (χ0v) is 11.8. The van der Waals surface area contributed by atoms with Crippen molar-refractivity contribution in [1.82, 2.24) is 15.5 Å². The molecule has 0 aliphatic heterocycles. The summed E-state index contributed by atoms with van der Waals surface area (Å²) in [6, 6.07) is 4.35. The SMILES string of the molecule is CCNC(C)C(CC)c1nc(-c2cccs2)no1. The molecule has 0 aliphatic carbocycles. The van der Waals surface area contributed by atoms with E-state index in [2.05, 4.69) is 36.2 Å². The molecule has 2 heterocycles. The van der Waals surface area contributed by atoms with Crippen molar-refractivity contribution in [2.24, 2.45) is 0 Å². The molecular formula is C13H19N3OS. The van der Waals surface area contributed by atoms with E-state index in [4.69, 9.17) is 4.52 Å². The van der Waals surface area contributed by atoms with E-state index < -0.39 is 0 Å². The minimum absolute atomic E-state index is 0.270. The quantitative estimate of drug-likeness (QED) is 0.870. The zero-order chi connectivity index (χ0) is 13.0. The van der Waals surface area contributed by atoms with Crippen LogP contribution in [0.5, 0.6) is 0 Å². The van der Waals surface area contributed by atoms with E-state index in [1.807, 2.05) is 17.5 Å². The van der Waals surface area contributed by atoms with Gasteiger partial charge >= 0.3 is 0 Å². The van der Waals surface area contributed by atoms with Gasteiger partial charge in [0.1, 0.15) is 0 Å². The van der Waals surface area contributed by atoms with E-state index in [-0.39, 0.29) is 5.92 Å². The Morgan fingerprint density at radius 3 is 2.89 bits per heavy atom. The summed E-state index contributed by atoms with van der Waals surface area (Å²) in [7, 11) is 0. The van der Waals surface area contributed by atoms with Crippen LogP contribution in [0, 0.1) is 0 Å². The maximum Gasteiger partial charge on any atom is 0.231 e. The van der Waals surface area contributed by atoms with Crippen LogP contribution in [0.25, 0.3) is 10.7 Å². The number of thiophene rings is 1. The van der Waals surface area contributed by atoms with Crippen LogP contribution in [0.15, 0.2) is 22.0 Å². The van der Waals surface area contributed by atoms with Crippen molar-refractivity contribution in [2.45, 2.75) is 39.2 Å². The topological polar surface area (TPSA) is 51.0 Å². The Balaban J connectivity index is 2.17. The van der Waals surface area contributed by atoms with Crippen LogP contribution in [0.2, 0.25) is 0 Å². The number of aromatic nitrogens is 2. The van der Waals surface area contributed by atoms with Gasteiger partial charge in [0.25, 0.3) is 0 Å². The lowest BCUT2D eigenvalue weighted by Crippen LogP contribution is -2.31. The first-order chi connectivity index (χ1) is 8.76. The van der Waals surface area contributed by atoms with Crippen LogP contribution < -0.4 is 5.32 Å². The van der Waals surface area contributed by atoms with Gasteiger partial charge in [-0.25, -0.2) is 0 Å². The second-order valence-electron chi connectivity index (χ2n) is 4.29. The van der Waals surface area contributed by atoms with Crippen LogP contribution in [0.4, 0.5) is 0 Å². The van der Waals surface area contributed by atoms with E-state index in [0.717, 1.165) is 23.7 Å². The first-order valence-electron chi connectivity index (χ1n) is 6.37. The molecule has 0 bridgehead atoms. The molecule has 2 rings (SSSR count). The van der Waals surface area contributed by atoms with Crippen molar-refractivity contribution in [3.63, 3.8) is 0 Å². The molecule has 0 spiro atoms. The summed E-state index contributed by atoms with van der Waals surface area (Å²) < 4.78 is 5.41. The van der Waals surface area contributed by atoms with Crippen LogP contribution in [0.1, 0.15) is 39.0 Å². The molecule has 4 nitrogen and oxygen atoms in total. The van der Waals surface area contributed by atoms with Gasteiger partial charge < -0.3 is 9.84 Å². The van der Waals surface area contributed by atoms with E-state index in [1.54, 1.807) is 11.3 Å². The van der Waals surface area contributed by atoms with E-state index in [9.17, 15) is 0 Å². The minimum Gasteiger partial charge on any atom is -0.339 e. The van der Waals surface area contributed by atoms with Crippen LogP contribution >= 0.6 is 11.3 Å². The fourth-order valence-corrected chi connectivity index (χ4v) is 2.75. The largest absolute Gasteiger partial charge is 0.339 e. The second-order valence-corrected chi connectivity index (χ2v) is 5.24. The Bertz CT molecular complexity index is 466. The minimum atomic E-state index is 0.270. The van der Waals surface area contributed by atoms with Gasteiger partial charge in [-0.2, -0.15) is 4.98 Å². The first kappa shape index (κ1) is 13.2. The molecule has 18 heavy (non-hydrogen) atoms. The molecule has 0 saturated heterocycles. The molecule has 5 heteroatoms. The van der Waals surface area contributed by atoms with Crippen molar-refractivity contribution >= 4 is 11.3 Å². The van der Waals surface area contributed by atoms with E-state index >= 15 is 0 Å². The van der Waals surface area contributed by atoms with Gasteiger partial charge in [0.2, 0.25) is 11.7 Å². The Hall–Kier alpha value is -1.20. The highest BCUT2D eigenvalue weighted by Gasteiger charge is 2.23. The Labute approximate surface area is 111 Å². The summed E-state index contributed by atoms with van der Waals surface area (Å²) in [6.07, 6.45) is 0.986. The van der Waals surface area contributed by atoms with E-state index in [0.29, 0.717) is 11.9 Å². The molecule has 0 amide bonds. The molecule has 98 valence electrons. The van der Waals surface area contributed by atoms with Gasteiger partial charge in [-0.15, -0.1) is 11.3 Å². The maximum atomic E-state index is 5.41. The number of nitrogens with zero attached hydrogens (tertiary/aromatic N) is 2. The monoisotopic (exact) mass is 265 g/mol. The molecule has 0 radical (unpaired) electrons. The average Bonchev–Trinajstić information content (AvgIpc) is 3.00. The number of hydrogen-bond acceptors (Lipinski definition) is 5. The van der Waals surface area contributed by atoms with Crippen molar-refractivity contribution in [3.05, 3.63) is 23.4 Å². The van der Waals surface area contributed by atoms with Gasteiger partial charge in [-0.3, -0.25) is 0 Å². The van der Waals surface area contributed by atoms with Gasteiger partial charge in [-0.05, 0) is 31.3 Å². The fourth-order valence-electron chi connectivity index (χ4n) is 2.10. The predicted octanol–water partition coefficient (Wildman–Crippen LogP) is 3.29. The number of nitrogens with one attached hydrogen (secondary N) is 1. The van der Waals surface area contributed by atoms with Crippen LogP contribution in [0.3, 0.4) is 0 Å². The average molecular weight is 265 g/mol. The summed E-state index contributed by atoms with van der Waals surface area (Å²) in [6.45, 7) is 7.36. The smallest absolute Gasteiger partial charge is 0.231 e. The third kappa shape index (κ3) is 2.79. The predicted molar refractivity (Wildman–Crippen MR) is 73.8 cm³/mol. The third-order valence-corrected chi connectivity index (χ3v) is 3.94. The van der Waals surface area contributed by atoms with Crippen molar-refractivity contribution in [2.75, 3.05) is 6.54 Å². The normalized spacial score (nSPS) is 14.6. The molecule has 2 aromatic heterocycles. The van der Waals surface area contributed by atoms with Gasteiger partial charge in [-0.1, -0.05) is 25.1 Å². The molecule has 0 saturated carbocycles. The second kappa shape index (κ2) is 6.11. The van der Waals surface area contributed by atoms with Gasteiger partial charge in [0.15, 0.2) is 0 Å². The highest BCUT2D eigenvalue weighted by Crippen LogP contribution is 2.26. The molecule has 0 aliphatic rings. The molecule has 1 N–H and O–H groups in total. The standard InChI is InChI=1S/C13H19N3OS/c1-4-10(9(3)14-5-2)13-15-12(16-17-13)11-7-6-8-18-11/h6-10,14H,4-5H2,1-3H3. The maximum absolute atomic E-state index is 5.41. The molecule has 2 unspecified atom stereocenters. The van der Waals surface area contributed by atoms with E-state index in [1.165, 1.54) is 0 Å². The number of hydrogen-bond donors (Lipinski definition) is 1. The lowest BCUT2D eigenvalue weighted by Gasteiger charge is -2.19. The summed E-state index contributed by atoms with van der Waals surface area (Å²) >= 11 is 1.63.